The van der Waals surface area contributed by atoms with E-state index in [0.29, 0.717) is 36.8 Å². The molecule has 0 saturated carbocycles. The van der Waals surface area contributed by atoms with Crippen molar-refractivity contribution in [3.05, 3.63) is 102 Å². The van der Waals surface area contributed by atoms with Crippen LogP contribution in [0.5, 0.6) is 5.75 Å². The second kappa shape index (κ2) is 11.2. The molecule has 1 aromatic heterocycles. The van der Waals surface area contributed by atoms with Gasteiger partial charge in [0.25, 0.3) is 5.91 Å². The normalized spacial score (nSPS) is 14.8. The summed E-state index contributed by atoms with van der Waals surface area (Å²) in [6.45, 7) is 3.52. The summed E-state index contributed by atoms with van der Waals surface area (Å²) in [5.74, 6) is 0.493. The third-order valence-corrected chi connectivity index (χ3v) is 6.47. The quantitative estimate of drug-likeness (QED) is 0.404. The molecule has 3 aromatic carbocycles. The molecule has 0 aliphatic carbocycles. The van der Waals surface area contributed by atoms with Gasteiger partial charge in [0.15, 0.2) is 0 Å². The molecule has 1 fully saturated rings. The third kappa shape index (κ3) is 5.17. The van der Waals surface area contributed by atoms with Gasteiger partial charge < -0.3 is 14.8 Å². The number of carbonyl (C=O) groups is 1. The highest BCUT2D eigenvalue weighted by Crippen LogP contribution is 2.32. The Morgan fingerprint density at radius 3 is 2.36 bits per heavy atom. The highest BCUT2D eigenvalue weighted by atomic mass is 16.5. The molecule has 0 radical (unpaired) electrons. The molecular weight excluding hydrogens is 452 g/mol. The van der Waals surface area contributed by atoms with Gasteiger partial charge in [0.2, 0.25) is 0 Å². The maximum atomic E-state index is 13.7. The minimum atomic E-state index is -0.174. The lowest BCUT2D eigenvalue weighted by Gasteiger charge is -2.34. The first kappa shape index (κ1) is 23.8. The van der Waals surface area contributed by atoms with E-state index in [9.17, 15) is 4.79 Å². The Kier molecular flexibility index (Phi) is 7.40. The molecule has 1 unspecified atom stereocenters. The van der Waals surface area contributed by atoms with Crippen molar-refractivity contribution in [3.63, 3.8) is 0 Å². The number of hydrogen-bond donors (Lipinski definition) is 1. The van der Waals surface area contributed by atoms with Gasteiger partial charge >= 0.3 is 0 Å². The maximum absolute atomic E-state index is 13.7. The summed E-state index contributed by atoms with van der Waals surface area (Å²) in [7, 11) is 1.62. The predicted octanol–water partition coefficient (Wildman–Crippen LogP) is 4.35. The fourth-order valence-electron chi connectivity index (χ4n) is 4.60. The highest BCUT2D eigenvalue weighted by molar-refractivity contribution is 6.00. The molecule has 7 heteroatoms. The zero-order valence-electron chi connectivity index (χ0n) is 20.3. The summed E-state index contributed by atoms with van der Waals surface area (Å²) >= 11 is 0. The largest absolute Gasteiger partial charge is 0.496 e. The lowest BCUT2D eigenvalue weighted by Crippen LogP contribution is -2.43. The highest BCUT2D eigenvalue weighted by Gasteiger charge is 2.25. The molecule has 36 heavy (non-hydrogen) atoms. The molecule has 1 aliphatic rings. The van der Waals surface area contributed by atoms with E-state index >= 15 is 0 Å². The third-order valence-electron chi connectivity index (χ3n) is 6.47. The Morgan fingerprint density at radius 1 is 0.972 bits per heavy atom. The number of aromatic nitrogens is 2. The number of benzene rings is 3. The number of methoxy groups -OCH3 is 1. The molecule has 4 aromatic rings. The van der Waals surface area contributed by atoms with Crippen LogP contribution in [0.15, 0.2) is 91.1 Å². The molecule has 184 valence electrons. The van der Waals surface area contributed by atoms with E-state index in [1.165, 1.54) is 5.56 Å². The number of nitrogens with zero attached hydrogens (tertiary/aromatic N) is 3. The average Bonchev–Trinajstić information content (AvgIpc) is 3.40. The smallest absolute Gasteiger partial charge is 0.255 e. The van der Waals surface area contributed by atoms with Gasteiger partial charge in [0.1, 0.15) is 11.4 Å². The fourth-order valence-corrected chi connectivity index (χ4v) is 4.60. The van der Waals surface area contributed by atoms with Crippen LogP contribution >= 0.6 is 0 Å². The molecule has 0 bridgehead atoms. The first-order valence-corrected chi connectivity index (χ1v) is 12.2. The molecule has 1 atom stereocenters. The Labute approximate surface area is 211 Å². The van der Waals surface area contributed by atoms with Gasteiger partial charge in [-0.3, -0.25) is 9.69 Å². The van der Waals surface area contributed by atoms with Gasteiger partial charge in [-0.1, -0.05) is 60.7 Å². The van der Waals surface area contributed by atoms with Gasteiger partial charge in [-0.05, 0) is 29.8 Å². The summed E-state index contributed by atoms with van der Waals surface area (Å²) < 4.78 is 12.9. The van der Waals surface area contributed by atoms with Gasteiger partial charge in [0, 0.05) is 31.4 Å². The minimum Gasteiger partial charge on any atom is -0.496 e. The van der Waals surface area contributed by atoms with Crippen LogP contribution in [0.1, 0.15) is 22.0 Å². The Balaban J connectivity index is 1.46. The number of amides is 1. The van der Waals surface area contributed by atoms with E-state index < -0.39 is 0 Å². The first-order valence-electron chi connectivity index (χ1n) is 12.2. The Hall–Kier alpha value is -3.94. The molecule has 2 heterocycles. The Morgan fingerprint density at radius 2 is 1.64 bits per heavy atom. The van der Waals surface area contributed by atoms with Crippen molar-refractivity contribution in [3.8, 4) is 22.7 Å². The molecule has 0 spiro atoms. The van der Waals surface area contributed by atoms with E-state index in [1.54, 1.807) is 18.0 Å². The number of para-hydroxylation sites is 2. The maximum Gasteiger partial charge on any atom is 0.255 e. The SMILES string of the molecule is COc1ccccc1-c1nn(-c2ccccc2)cc1C(=O)NCC(c1ccccc1)N1CCOCC1. The zero-order valence-corrected chi connectivity index (χ0v) is 20.3. The first-order chi connectivity index (χ1) is 17.7. The van der Waals surface area contributed by atoms with Crippen LogP contribution in [0.4, 0.5) is 0 Å². The lowest BCUT2D eigenvalue weighted by atomic mass is 10.0. The Bertz CT molecular complexity index is 1280. The zero-order chi connectivity index (χ0) is 24.7. The van der Waals surface area contributed by atoms with Crippen molar-refractivity contribution in [2.45, 2.75) is 6.04 Å². The van der Waals surface area contributed by atoms with Crippen molar-refractivity contribution < 1.29 is 14.3 Å². The monoisotopic (exact) mass is 482 g/mol. The number of carbonyl (C=O) groups excluding carboxylic acids is 1. The van der Waals surface area contributed by atoms with Crippen LogP contribution in [-0.4, -0.2) is 60.5 Å². The number of morpholine rings is 1. The van der Waals surface area contributed by atoms with Crippen molar-refractivity contribution in [2.24, 2.45) is 0 Å². The number of ether oxygens (including phenoxy) is 2. The molecule has 1 saturated heterocycles. The second-order valence-electron chi connectivity index (χ2n) is 8.66. The molecule has 1 aliphatic heterocycles. The van der Waals surface area contributed by atoms with Gasteiger partial charge in [-0.15, -0.1) is 0 Å². The molecule has 7 nitrogen and oxygen atoms in total. The van der Waals surface area contributed by atoms with Crippen molar-refractivity contribution in [2.75, 3.05) is 40.0 Å². The number of nitrogens with one attached hydrogen (secondary N) is 1. The summed E-state index contributed by atoms with van der Waals surface area (Å²) in [5, 5.41) is 8.00. The van der Waals surface area contributed by atoms with Gasteiger partial charge in [-0.25, -0.2) is 4.68 Å². The lowest BCUT2D eigenvalue weighted by molar-refractivity contribution is 0.0162. The predicted molar refractivity (Wildman–Crippen MR) is 139 cm³/mol. The molecular formula is C29H30N4O3. The van der Waals surface area contributed by atoms with Crippen molar-refractivity contribution in [1.29, 1.82) is 0 Å². The molecule has 1 N–H and O–H groups in total. The van der Waals surface area contributed by atoms with Crippen LogP contribution in [0.2, 0.25) is 0 Å². The van der Waals surface area contributed by atoms with Gasteiger partial charge in [-0.2, -0.15) is 5.10 Å². The van der Waals surface area contributed by atoms with Crippen molar-refractivity contribution >= 4 is 5.91 Å². The van der Waals surface area contributed by atoms with Crippen LogP contribution in [0.25, 0.3) is 16.9 Å². The van der Waals surface area contributed by atoms with Crippen LogP contribution < -0.4 is 10.1 Å². The van der Waals surface area contributed by atoms with E-state index in [1.807, 2.05) is 72.8 Å². The summed E-state index contributed by atoms with van der Waals surface area (Å²) in [6.07, 6.45) is 1.79. The van der Waals surface area contributed by atoms with Gasteiger partial charge in [0.05, 0.1) is 37.6 Å². The van der Waals surface area contributed by atoms with Crippen molar-refractivity contribution in [1.82, 2.24) is 20.0 Å². The average molecular weight is 483 g/mol. The minimum absolute atomic E-state index is 0.0536. The standard InChI is InChI=1S/C29H30N4O3/c1-35-27-15-9-8-14-24(27)28-25(21-33(31-28)23-12-6-3-7-13-23)29(34)30-20-26(22-10-4-2-5-11-22)32-16-18-36-19-17-32/h2-15,21,26H,16-20H2,1H3,(H,30,34). The van der Waals surface area contributed by atoms with Crippen LogP contribution in [0, 0.1) is 0 Å². The summed E-state index contributed by atoms with van der Waals surface area (Å²) in [6, 6.07) is 27.8. The fraction of sp³-hybridized carbons (Fsp3) is 0.241. The van der Waals surface area contributed by atoms with E-state index in [0.717, 1.165) is 24.3 Å². The number of hydrogen-bond acceptors (Lipinski definition) is 5. The molecule has 1 amide bonds. The topological polar surface area (TPSA) is 68.6 Å². The summed E-state index contributed by atoms with van der Waals surface area (Å²) in [4.78, 5) is 16.0. The molecule has 5 rings (SSSR count). The number of rotatable bonds is 8. The van der Waals surface area contributed by atoms with E-state index in [4.69, 9.17) is 14.6 Å². The van der Waals surface area contributed by atoms with E-state index in [-0.39, 0.29) is 11.9 Å². The summed E-state index contributed by atoms with van der Waals surface area (Å²) in [5.41, 5.74) is 3.90. The van der Waals surface area contributed by atoms with Crippen LogP contribution in [-0.2, 0) is 4.74 Å². The van der Waals surface area contributed by atoms with Crippen LogP contribution in [0.3, 0.4) is 0 Å². The second-order valence-corrected chi connectivity index (χ2v) is 8.66. The van der Waals surface area contributed by atoms with E-state index in [2.05, 4.69) is 22.3 Å².